The lowest BCUT2D eigenvalue weighted by Gasteiger charge is -2.05. The lowest BCUT2D eigenvalue weighted by Crippen LogP contribution is -1.86. The highest BCUT2D eigenvalue weighted by Gasteiger charge is 2.05. The average Bonchev–Trinajstić information content (AvgIpc) is 2.48. The number of anilines is 1. The monoisotopic (exact) mass is 297 g/mol. The van der Waals surface area contributed by atoms with Gasteiger partial charge >= 0.3 is 0 Å². The third-order valence-electron chi connectivity index (χ3n) is 3.13. The summed E-state index contributed by atoms with van der Waals surface area (Å²) in [4.78, 5) is 0. The van der Waals surface area contributed by atoms with E-state index in [1.165, 1.54) is 0 Å². The molecule has 0 amide bonds. The molecule has 0 bridgehead atoms. The average molecular weight is 298 g/mol. The van der Waals surface area contributed by atoms with Crippen LogP contribution in [-0.2, 0) is 0 Å². The van der Waals surface area contributed by atoms with E-state index < -0.39 is 0 Å². The molecule has 0 aliphatic heterocycles. The number of nitrogen functional groups attached to an aromatic ring is 1. The number of phenolic OH excluding ortho intramolecular Hbond substituents is 1. The van der Waals surface area contributed by atoms with Crippen LogP contribution in [0.1, 0.15) is 0 Å². The van der Waals surface area contributed by atoms with Gasteiger partial charge in [0.2, 0.25) is 0 Å². The summed E-state index contributed by atoms with van der Waals surface area (Å²) in [6.45, 7) is 0. The number of fused-ring (bicyclic) bond motifs is 1. The molecule has 21 heavy (non-hydrogen) atoms. The van der Waals surface area contributed by atoms with Crippen molar-refractivity contribution in [1.29, 1.82) is 0 Å². The molecule has 0 aliphatic carbocycles. The molecule has 0 atom stereocenters. The molecule has 5 heteroatoms. The number of aromatic hydroxyl groups is 1. The van der Waals surface area contributed by atoms with Crippen molar-refractivity contribution in [2.45, 2.75) is 0 Å². The number of nitrogens with two attached hydrogens (primary N) is 1. The van der Waals surface area contributed by atoms with Crippen LogP contribution in [0.5, 0.6) is 5.75 Å². The third-order valence-corrected chi connectivity index (χ3v) is 3.45. The molecule has 0 fully saturated rings. The Morgan fingerprint density at radius 2 is 1.62 bits per heavy atom. The molecule has 0 saturated carbocycles. The van der Waals surface area contributed by atoms with Crippen LogP contribution in [0, 0.1) is 0 Å². The molecule has 0 saturated heterocycles. The number of nitrogens with zero attached hydrogens (tertiary/aromatic N) is 2. The van der Waals surface area contributed by atoms with E-state index in [2.05, 4.69) is 10.2 Å². The van der Waals surface area contributed by atoms with Crippen LogP contribution in [0.15, 0.2) is 64.8 Å². The molecule has 0 aliphatic rings. The standard InChI is InChI=1S/C16H12ClN3O/c17-13-3-1-2-4-16(13)20-19-15-8-7-14(18)11-6-5-10(21)9-12(11)15/h1-9,21H,18H2. The van der Waals surface area contributed by atoms with Crippen molar-refractivity contribution in [1.82, 2.24) is 0 Å². The molecule has 3 rings (SSSR count). The highest BCUT2D eigenvalue weighted by atomic mass is 35.5. The number of hydrogen-bond acceptors (Lipinski definition) is 4. The minimum atomic E-state index is 0.155. The lowest BCUT2D eigenvalue weighted by molar-refractivity contribution is 0.476. The van der Waals surface area contributed by atoms with Crippen molar-refractivity contribution >= 4 is 39.4 Å². The Morgan fingerprint density at radius 3 is 2.43 bits per heavy atom. The SMILES string of the molecule is Nc1ccc(N=Nc2ccccc2Cl)c2cc(O)ccc12. The van der Waals surface area contributed by atoms with Crippen LogP contribution >= 0.6 is 11.6 Å². The number of halogens is 1. The predicted octanol–water partition coefficient (Wildman–Crippen LogP) is 5.20. The van der Waals surface area contributed by atoms with E-state index in [1.807, 2.05) is 12.1 Å². The van der Waals surface area contributed by atoms with Crippen molar-refractivity contribution in [2.24, 2.45) is 10.2 Å². The molecule has 0 heterocycles. The summed E-state index contributed by atoms with van der Waals surface area (Å²) in [5.74, 6) is 0.155. The van der Waals surface area contributed by atoms with E-state index in [1.54, 1.807) is 42.5 Å². The van der Waals surface area contributed by atoms with Gasteiger partial charge in [-0.25, -0.2) is 0 Å². The van der Waals surface area contributed by atoms with Gasteiger partial charge in [-0.15, -0.1) is 10.2 Å². The minimum absolute atomic E-state index is 0.155. The number of azo groups is 1. The van der Waals surface area contributed by atoms with Gasteiger partial charge in [-0.1, -0.05) is 23.7 Å². The van der Waals surface area contributed by atoms with Crippen LogP contribution < -0.4 is 5.73 Å². The number of rotatable bonds is 2. The number of hydrogen-bond donors (Lipinski definition) is 2. The second-order valence-electron chi connectivity index (χ2n) is 4.56. The molecule has 0 radical (unpaired) electrons. The summed E-state index contributed by atoms with van der Waals surface area (Å²) in [7, 11) is 0. The van der Waals surface area contributed by atoms with E-state index in [0.717, 1.165) is 10.8 Å². The van der Waals surface area contributed by atoms with Gasteiger partial charge in [0.05, 0.1) is 10.7 Å². The van der Waals surface area contributed by atoms with E-state index in [4.69, 9.17) is 17.3 Å². The Kier molecular flexibility index (Phi) is 3.46. The van der Waals surface area contributed by atoms with E-state index in [-0.39, 0.29) is 5.75 Å². The van der Waals surface area contributed by atoms with E-state index in [0.29, 0.717) is 22.1 Å². The van der Waals surface area contributed by atoms with Gasteiger partial charge in [-0.3, -0.25) is 0 Å². The zero-order chi connectivity index (χ0) is 14.8. The first-order valence-corrected chi connectivity index (χ1v) is 6.70. The second-order valence-corrected chi connectivity index (χ2v) is 4.96. The molecule has 0 aromatic heterocycles. The normalized spacial score (nSPS) is 11.3. The Labute approximate surface area is 126 Å². The van der Waals surface area contributed by atoms with Crippen LogP contribution in [0.3, 0.4) is 0 Å². The number of benzene rings is 3. The summed E-state index contributed by atoms with van der Waals surface area (Å²) in [5.41, 5.74) is 7.77. The Bertz CT molecular complexity index is 846. The van der Waals surface area contributed by atoms with Crippen molar-refractivity contribution in [2.75, 3.05) is 5.73 Å². The third kappa shape index (κ3) is 2.66. The van der Waals surface area contributed by atoms with Gasteiger partial charge in [-0.2, -0.15) is 0 Å². The van der Waals surface area contributed by atoms with Crippen molar-refractivity contribution in [3.63, 3.8) is 0 Å². The highest BCUT2D eigenvalue weighted by Crippen LogP contribution is 2.34. The molecule has 3 aromatic rings. The summed E-state index contributed by atoms with van der Waals surface area (Å²) in [6, 6.07) is 15.7. The van der Waals surface area contributed by atoms with E-state index >= 15 is 0 Å². The fraction of sp³-hybridized carbons (Fsp3) is 0. The van der Waals surface area contributed by atoms with Gasteiger partial charge in [0.25, 0.3) is 0 Å². The molecule has 0 spiro atoms. The lowest BCUT2D eigenvalue weighted by atomic mass is 10.1. The van der Waals surface area contributed by atoms with Crippen LogP contribution in [0.4, 0.5) is 17.1 Å². The Morgan fingerprint density at radius 1 is 0.857 bits per heavy atom. The van der Waals surface area contributed by atoms with Crippen molar-refractivity contribution in [3.8, 4) is 5.75 Å². The molecule has 4 nitrogen and oxygen atoms in total. The van der Waals surface area contributed by atoms with Gasteiger partial charge in [0.15, 0.2) is 0 Å². The Hall–Kier alpha value is -2.59. The molecule has 104 valence electrons. The van der Waals surface area contributed by atoms with Crippen LogP contribution in [0.25, 0.3) is 10.8 Å². The van der Waals surface area contributed by atoms with Gasteiger partial charge < -0.3 is 10.8 Å². The largest absolute Gasteiger partial charge is 0.508 e. The van der Waals surface area contributed by atoms with Gasteiger partial charge in [0, 0.05) is 16.5 Å². The first kappa shape index (κ1) is 13.4. The molecule has 3 N–H and O–H groups in total. The minimum Gasteiger partial charge on any atom is -0.508 e. The molecular formula is C16H12ClN3O. The second kappa shape index (κ2) is 5.42. The maximum Gasteiger partial charge on any atom is 0.116 e. The van der Waals surface area contributed by atoms with Crippen LogP contribution in [0.2, 0.25) is 5.02 Å². The summed E-state index contributed by atoms with van der Waals surface area (Å²) in [6.07, 6.45) is 0. The fourth-order valence-corrected chi connectivity index (χ4v) is 2.25. The maximum absolute atomic E-state index is 9.64. The predicted molar refractivity (Wildman–Crippen MR) is 85.7 cm³/mol. The topological polar surface area (TPSA) is 71.0 Å². The maximum atomic E-state index is 9.64. The summed E-state index contributed by atoms with van der Waals surface area (Å²) >= 11 is 6.05. The molecule has 3 aromatic carbocycles. The smallest absolute Gasteiger partial charge is 0.116 e. The van der Waals surface area contributed by atoms with E-state index in [9.17, 15) is 5.11 Å². The highest BCUT2D eigenvalue weighted by molar-refractivity contribution is 6.32. The first-order chi connectivity index (χ1) is 10.1. The van der Waals surface area contributed by atoms with Crippen molar-refractivity contribution < 1.29 is 5.11 Å². The van der Waals surface area contributed by atoms with Crippen LogP contribution in [-0.4, -0.2) is 5.11 Å². The quantitative estimate of drug-likeness (QED) is 0.504. The van der Waals surface area contributed by atoms with Crippen molar-refractivity contribution in [3.05, 3.63) is 59.6 Å². The molecule has 0 unspecified atom stereocenters. The summed E-state index contributed by atoms with van der Waals surface area (Å²) < 4.78 is 0. The number of phenols is 1. The van der Waals surface area contributed by atoms with Gasteiger partial charge in [0.1, 0.15) is 11.4 Å². The molecular weight excluding hydrogens is 286 g/mol. The first-order valence-electron chi connectivity index (χ1n) is 6.32. The van der Waals surface area contributed by atoms with Gasteiger partial charge in [-0.05, 0) is 42.5 Å². The fourth-order valence-electron chi connectivity index (χ4n) is 2.07. The Balaban J connectivity index is 2.11. The zero-order valence-corrected chi connectivity index (χ0v) is 11.7. The zero-order valence-electron chi connectivity index (χ0n) is 11.0. The summed E-state index contributed by atoms with van der Waals surface area (Å²) in [5, 5.41) is 20.1.